The quantitative estimate of drug-likeness (QED) is 0.730. The number of benzene rings is 3. The summed E-state index contributed by atoms with van der Waals surface area (Å²) < 4.78 is 0. The Morgan fingerprint density at radius 2 is 1.64 bits per heavy atom. The number of anilines is 1. The first-order valence-electron chi connectivity index (χ1n) is 8.47. The van der Waals surface area contributed by atoms with Crippen LogP contribution in [0.2, 0.25) is 0 Å². The lowest BCUT2D eigenvalue weighted by molar-refractivity contribution is 0.103. The van der Waals surface area contributed by atoms with Crippen molar-refractivity contribution in [1.29, 1.82) is 0 Å². The molecule has 0 saturated heterocycles. The van der Waals surface area contributed by atoms with Gasteiger partial charge in [0.25, 0.3) is 0 Å². The van der Waals surface area contributed by atoms with Gasteiger partial charge in [-0.05, 0) is 23.6 Å². The molecule has 0 radical (unpaired) electrons. The summed E-state index contributed by atoms with van der Waals surface area (Å²) in [6, 6.07) is 23.0. The third-order valence-corrected chi connectivity index (χ3v) is 4.69. The highest BCUT2D eigenvalue weighted by atomic mass is 16.3. The van der Waals surface area contributed by atoms with Gasteiger partial charge >= 0.3 is 0 Å². The van der Waals surface area contributed by atoms with Crippen LogP contribution in [0.4, 0.5) is 5.69 Å². The summed E-state index contributed by atoms with van der Waals surface area (Å²) in [5, 5.41) is 10.4. The minimum Gasteiger partial charge on any atom is -0.507 e. The predicted molar refractivity (Wildman–Crippen MR) is 99.2 cm³/mol. The lowest BCUT2D eigenvalue weighted by atomic mass is 9.99. The standard InChI is InChI=1S/C22H19NO2/c24-21-14-20-18(11-12-23(20)15-16-7-3-1-4-8-16)13-19(21)22(25)17-9-5-2-6-10-17/h1-10,13-14,24H,11-12,15H2. The Morgan fingerprint density at radius 3 is 2.36 bits per heavy atom. The summed E-state index contributed by atoms with van der Waals surface area (Å²) in [6.45, 7) is 1.70. The molecular weight excluding hydrogens is 310 g/mol. The largest absolute Gasteiger partial charge is 0.507 e. The summed E-state index contributed by atoms with van der Waals surface area (Å²) >= 11 is 0. The molecular formula is C22H19NO2. The van der Waals surface area contributed by atoms with E-state index in [0.29, 0.717) is 11.1 Å². The molecule has 0 atom stereocenters. The van der Waals surface area contributed by atoms with E-state index < -0.39 is 0 Å². The molecule has 0 saturated carbocycles. The molecule has 124 valence electrons. The van der Waals surface area contributed by atoms with Gasteiger partial charge in [-0.1, -0.05) is 60.7 Å². The zero-order valence-electron chi connectivity index (χ0n) is 13.9. The number of fused-ring (bicyclic) bond motifs is 1. The fourth-order valence-corrected chi connectivity index (χ4v) is 3.39. The number of rotatable bonds is 4. The van der Waals surface area contributed by atoms with Crippen LogP contribution in [0, 0.1) is 0 Å². The first-order chi connectivity index (χ1) is 12.2. The van der Waals surface area contributed by atoms with Gasteiger partial charge in [-0.15, -0.1) is 0 Å². The number of carbonyl (C=O) groups is 1. The van der Waals surface area contributed by atoms with Crippen LogP contribution in [0.15, 0.2) is 72.8 Å². The van der Waals surface area contributed by atoms with Crippen molar-refractivity contribution in [3.05, 3.63) is 95.1 Å². The van der Waals surface area contributed by atoms with Crippen molar-refractivity contribution >= 4 is 11.5 Å². The summed E-state index contributed by atoms with van der Waals surface area (Å²) in [4.78, 5) is 14.9. The second-order valence-corrected chi connectivity index (χ2v) is 6.35. The summed E-state index contributed by atoms with van der Waals surface area (Å²) in [7, 11) is 0. The van der Waals surface area contributed by atoms with Crippen molar-refractivity contribution in [2.75, 3.05) is 11.4 Å². The molecule has 0 aliphatic carbocycles. The van der Waals surface area contributed by atoms with Gasteiger partial charge in [0.05, 0.1) is 5.56 Å². The maximum atomic E-state index is 12.7. The Balaban J connectivity index is 1.64. The Labute approximate surface area is 147 Å². The highest BCUT2D eigenvalue weighted by molar-refractivity contribution is 6.11. The summed E-state index contributed by atoms with van der Waals surface area (Å²) in [6.07, 6.45) is 0.886. The summed E-state index contributed by atoms with van der Waals surface area (Å²) in [5.41, 5.74) is 4.35. The molecule has 0 fully saturated rings. The Hall–Kier alpha value is -3.07. The average molecular weight is 329 g/mol. The number of phenols is 1. The van der Waals surface area contributed by atoms with E-state index in [1.165, 1.54) is 5.56 Å². The first kappa shape index (κ1) is 15.5. The number of ketones is 1. The molecule has 25 heavy (non-hydrogen) atoms. The molecule has 1 heterocycles. The van der Waals surface area contributed by atoms with E-state index in [4.69, 9.17) is 0 Å². The molecule has 3 heteroatoms. The van der Waals surface area contributed by atoms with Gasteiger partial charge in [0.15, 0.2) is 5.78 Å². The van der Waals surface area contributed by atoms with E-state index in [0.717, 1.165) is 30.8 Å². The molecule has 0 unspecified atom stereocenters. The van der Waals surface area contributed by atoms with Gasteiger partial charge in [-0.3, -0.25) is 4.79 Å². The van der Waals surface area contributed by atoms with Crippen molar-refractivity contribution in [2.24, 2.45) is 0 Å². The third kappa shape index (κ3) is 3.01. The average Bonchev–Trinajstić information content (AvgIpc) is 3.04. The maximum absolute atomic E-state index is 12.7. The van der Waals surface area contributed by atoms with Crippen molar-refractivity contribution in [3.63, 3.8) is 0 Å². The van der Waals surface area contributed by atoms with Crippen LogP contribution in [0.3, 0.4) is 0 Å². The van der Waals surface area contributed by atoms with Crippen molar-refractivity contribution < 1.29 is 9.90 Å². The number of hydrogen-bond donors (Lipinski definition) is 1. The predicted octanol–water partition coefficient (Wildman–Crippen LogP) is 4.19. The highest BCUT2D eigenvalue weighted by Crippen LogP contribution is 2.35. The normalized spacial score (nSPS) is 12.9. The van der Waals surface area contributed by atoms with Crippen molar-refractivity contribution in [1.82, 2.24) is 0 Å². The summed E-state index contributed by atoms with van der Waals surface area (Å²) in [5.74, 6) is -0.0880. The van der Waals surface area contributed by atoms with Crippen LogP contribution in [0.1, 0.15) is 27.0 Å². The molecule has 3 aromatic carbocycles. The molecule has 4 rings (SSSR count). The molecule has 1 aliphatic heterocycles. The molecule has 0 aromatic heterocycles. The third-order valence-electron chi connectivity index (χ3n) is 4.69. The van der Waals surface area contributed by atoms with Gasteiger partial charge in [-0.25, -0.2) is 0 Å². The van der Waals surface area contributed by atoms with Crippen LogP contribution in [-0.4, -0.2) is 17.4 Å². The van der Waals surface area contributed by atoms with E-state index in [1.54, 1.807) is 18.2 Å². The van der Waals surface area contributed by atoms with Crippen LogP contribution >= 0.6 is 0 Å². The molecule has 3 aromatic rings. The second kappa shape index (κ2) is 6.44. The lowest BCUT2D eigenvalue weighted by Crippen LogP contribution is -2.19. The van der Waals surface area contributed by atoms with E-state index in [9.17, 15) is 9.90 Å². The molecule has 0 bridgehead atoms. The fraction of sp³-hybridized carbons (Fsp3) is 0.136. The smallest absolute Gasteiger partial charge is 0.196 e. The molecule has 3 nitrogen and oxygen atoms in total. The zero-order valence-corrected chi connectivity index (χ0v) is 13.9. The Bertz CT molecular complexity index is 904. The molecule has 1 N–H and O–H groups in total. The van der Waals surface area contributed by atoms with Crippen LogP contribution in [0.25, 0.3) is 0 Å². The van der Waals surface area contributed by atoms with Crippen LogP contribution in [0.5, 0.6) is 5.75 Å². The number of phenolic OH excluding ortho intramolecular Hbond substituents is 1. The number of hydrogen-bond acceptors (Lipinski definition) is 3. The SMILES string of the molecule is O=C(c1ccccc1)c1cc2c(cc1O)N(Cc1ccccc1)CC2. The first-order valence-corrected chi connectivity index (χ1v) is 8.47. The number of nitrogens with zero attached hydrogens (tertiary/aromatic N) is 1. The minimum atomic E-state index is -0.137. The van der Waals surface area contributed by atoms with Crippen LogP contribution < -0.4 is 4.90 Å². The highest BCUT2D eigenvalue weighted by Gasteiger charge is 2.24. The Morgan fingerprint density at radius 1 is 0.960 bits per heavy atom. The number of carbonyl (C=O) groups excluding carboxylic acids is 1. The van der Waals surface area contributed by atoms with E-state index in [1.807, 2.05) is 42.5 Å². The molecule has 0 amide bonds. The maximum Gasteiger partial charge on any atom is 0.196 e. The van der Waals surface area contributed by atoms with Gasteiger partial charge in [-0.2, -0.15) is 0 Å². The molecule has 0 spiro atoms. The van der Waals surface area contributed by atoms with E-state index in [2.05, 4.69) is 17.0 Å². The second-order valence-electron chi connectivity index (χ2n) is 6.35. The topological polar surface area (TPSA) is 40.5 Å². The van der Waals surface area contributed by atoms with Gasteiger partial charge in [0.1, 0.15) is 5.75 Å². The number of aromatic hydroxyl groups is 1. The lowest BCUT2D eigenvalue weighted by Gasteiger charge is -2.20. The fourth-order valence-electron chi connectivity index (χ4n) is 3.39. The van der Waals surface area contributed by atoms with E-state index >= 15 is 0 Å². The monoisotopic (exact) mass is 329 g/mol. The van der Waals surface area contributed by atoms with E-state index in [-0.39, 0.29) is 11.5 Å². The zero-order chi connectivity index (χ0) is 17.2. The van der Waals surface area contributed by atoms with Crippen LogP contribution in [-0.2, 0) is 13.0 Å². The van der Waals surface area contributed by atoms with Crippen molar-refractivity contribution in [2.45, 2.75) is 13.0 Å². The van der Waals surface area contributed by atoms with Gasteiger partial charge in [0, 0.05) is 30.4 Å². The minimum absolute atomic E-state index is 0.0487. The van der Waals surface area contributed by atoms with Crippen molar-refractivity contribution in [3.8, 4) is 5.75 Å². The van der Waals surface area contributed by atoms with Gasteiger partial charge in [0.2, 0.25) is 0 Å². The van der Waals surface area contributed by atoms with Gasteiger partial charge < -0.3 is 10.0 Å². The molecule has 1 aliphatic rings. The Kier molecular flexibility index (Phi) is 3.98.